The standard InChI is InChI=1S/C10H19O3P/c1-4-7-9-12-14(11,6-3)13-10-8-5-2/h7-10H,4-6H2,1-3H3. The third kappa shape index (κ3) is 5.87. The van der Waals surface area contributed by atoms with Crippen LogP contribution in [0.15, 0.2) is 24.7 Å². The van der Waals surface area contributed by atoms with E-state index < -0.39 is 7.60 Å². The Labute approximate surface area is 86.3 Å². The summed E-state index contributed by atoms with van der Waals surface area (Å²) >= 11 is 0. The fourth-order valence-electron chi connectivity index (χ4n) is 0.638. The fraction of sp³-hybridized carbons (Fsp3) is 0.600. The Bertz CT molecular complexity index is 214. The average Bonchev–Trinajstić information content (AvgIpc) is 2.19. The van der Waals surface area contributed by atoms with E-state index in [2.05, 4.69) is 0 Å². The molecule has 0 amide bonds. The minimum atomic E-state index is -2.93. The maximum Gasteiger partial charge on any atom is 0.429 e. The molecule has 0 atom stereocenters. The van der Waals surface area contributed by atoms with Crippen molar-refractivity contribution in [2.75, 3.05) is 6.16 Å². The van der Waals surface area contributed by atoms with Crippen molar-refractivity contribution >= 4 is 7.60 Å². The molecule has 0 aliphatic carbocycles. The van der Waals surface area contributed by atoms with Crippen LogP contribution in [-0.4, -0.2) is 6.16 Å². The van der Waals surface area contributed by atoms with Gasteiger partial charge in [0.2, 0.25) is 0 Å². The van der Waals surface area contributed by atoms with Gasteiger partial charge < -0.3 is 9.05 Å². The zero-order valence-electron chi connectivity index (χ0n) is 9.10. The molecule has 3 nitrogen and oxygen atoms in total. The van der Waals surface area contributed by atoms with Gasteiger partial charge in [-0.1, -0.05) is 20.8 Å². The highest BCUT2D eigenvalue weighted by atomic mass is 31.2. The number of hydrogen-bond donors (Lipinski definition) is 0. The first-order valence-electron chi connectivity index (χ1n) is 4.94. The second kappa shape index (κ2) is 7.69. The normalized spacial score (nSPS) is 15.9. The molecule has 0 saturated carbocycles. The smallest absolute Gasteiger partial charge is 0.424 e. The van der Waals surface area contributed by atoms with Gasteiger partial charge in [-0.05, 0) is 25.0 Å². The van der Waals surface area contributed by atoms with E-state index in [4.69, 9.17) is 9.05 Å². The van der Waals surface area contributed by atoms with Crippen LogP contribution in [0.4, 0.5) is 0 Å². The summed E-state index contributed by atoms with van der Waals surface area (Å²) in [4.78, 5) is 0. The van der Waals surface area contributed by atoms with Crippen molar-refractivity contribution < 1.29 is 13.6 Å². The van der Waals surface area contributed by atoms with Gasteiger partial charge >= 0.3 is 7.60 Å². The molecule has 0 fully saturated rings. The quantitative estimate of drug-likeness (QED) is 0.477. The van der Waals surface area contributed by atoms with Crippen LogP contribution in [0, 0.1) is 0 Å². The van der Waals surface area contributed by atoms with Gasteiger partial charge in [-0.2, -0.15) is 0 Å². The number of rotatable bonds is 7. The lowest BCUT2D eigenvalue weighted by molar-refractivity contribution is 0.327. The molecule has 0 N–H and O–H groups in total. The van der Waals surface area contributed by atoms with Crippen molar-refractivity contribution in [2.24, 2.45) is 0 Å². The molecular formula is C10H19O3P. The fourth-order valence-corrected chi connectivity index (χ4v) is 1.53. The molecule has 4 heteroatoms. The lowest BCUT2D eigenvalue weighted by Crippen LogP contribution is -1.89. The van der Waals surface area contributed by atoms with Gasteiger partial charge in [0, 0.05) is 0 Å². The van der Waals surface area contributed by atoms with E-state index in [0.717, 1.165) is 12.8 Å². The molecule has 14 heavy (non-hydrogen) atoms. The first-order chi connectivity index (χ1) is 6.68. The lowest BCUT2D eigenvalue weighted by atomic mass is 10.5. The minimum Gasteiger partial charge on any atom is -0.424 e. The third-order valence-corrected chi connectivity index (χ3v) is 3.15. The highest BCUT2D eigenvalue weighted by molar-refractivity contribution is 7.53. The maximum atomic E-state index is 11.8. The van der Waals surface area contributed by atoms with Gasteiger partial charge in [0.25, 0.3) is 0 Å². The van der Waals surface area contributed by atoms with Crippen molar-refractivity contribution in [3.8, 4) is 0 Å². The molecule has 0 aromatic carbocycles. The van der Waals surface area contributed by atoms with Crippen molar-refractivity contribution in [2.45, 2.75) is 33.6 Å². The number of hydrogen-bond acceptors (Lipinski definition) is 3. The van der Waals surface area contributed by atoms with Gasteiger partial charge in [0.1, 0.15) is 0 Å². The lowest BCUT2D eigenvalue weighted by Gasteiger charge is -2.13. The van der Waals surface area contributed by atoms with Gasteiger partial charge in [-0.3, -0.25) is 0 Å². The highest BCUT2D eigenvalue weighted by Crippen LogP contribution is 2.48. The molecule has 0 heterocycles. The van der Waals surface area contributed by atoms with E-state index in [0.29, 0.717) is 6.16 Å². The average molecular weight is 218 g/mol. The summed E-state index contributed by atoms with van der Waals surface area (Å²) in [6, 6.07) is 0. The molecular weight excluding hydrogens is 199 g/mol. The maximum absolute atomic E-state index is 11.8. The van der Waals surface area contributed by atoms with Crippen molar-refractivity contribution in [1.29, 1.82) is 0 Å². The van der Waals surface area contributed by atoms with Gasteiger partial charge in [-0.15, -0.1) is 0 Å². The van der Waals surface area contributed by atoms with Crippen LogP contribution in [0.2, 0.25) is 0 Å². The Morgan fingerprint density at radius 2 is 1.43 bits per heavy atom. The van der Waals surface area contributed by atoms with Crippen LogP contribution in [0.1, 0.15) is 33.6 Å². The second-order valence-corrected chi connectivity index (χ2v) is 4.97. The molecule has 0 spiro atoms. The van der Waals surface area contributed by atoms with Gasteiger partial charge in [-0.25, -0.2) is 4.57 Å². The van der Waals surface area contributed by atoms with Crippen molar-refractivity contribution in [3.05, 3.63) is 24.7 Å². The molecule has 0 saturated heterocycles. The minimum absolute atomic E-state index is 0.370. The first kappa shape index (κ1) is 13.3. The SMILES string of the molecule is CCC=COP(=O)(CC)OC=CCC. The molecule has 0 aromatic rings. The predicted octanol–water partition coefficient (Wildman–Crippen LogP) is 4.08. The molecule has 82 valence electrons. The Balaban J connectivity index is 4.11. The molecule has 0 rings (SSSR count). The van der Waals surface area contributed by atoms with Crippen LogP contribution in [-0.2, 0) is 13.6 Å². The first-order valence-corrected chi connectivity index (χ1v) is 6.67. The Kier molecular flexibility index (Phi) is 7.31. The predicted molar refractivity (Wildman–Crippen MR) is 59.2 cm³/mol. The zero-order chi connectivity index (χ0) is 10.9. The van der Waals surface area contributed by atoms with Crippen LogP contribution in [0.25, 0.3) is 0 Å². The van der Waals surface area contributed by atoms with Crippen LogP contribution in [0.5, 0.6) is 0 Å². The summed E-state index contributed by atoms with van der Waals surface area (Å²) in [5.74, 6) is 0. The molecule has 0 aliphatic heterocycles. The molecule has 0 bridgehead atoms. The van der Waals surface area contributed by atoms with Crippen molar-refractivity contribution in [3.63, 3.8) is 0 Å². The third-order valence-electron chi connectivity index (χ3n) is 1.49. The Hall–Kier alpha value is -0.690. The topological polar surface area (TPSA) is 35.5 Å². The summed E-state index contributed by atoms with van der Waals surface area (Å²) < 4.78 is 21.9. The zero-order valence-corrected chi connectivity index (χ0v) is 10.00. The van der Waals surface area contributed by atoms with Crippen molar-refractivity contribution in [1.82, 2.24) is 0 Å². The van der Waals surface area contributed by atoms with Crippen LogP contribution in [0.3, 0.4) is 0 Å². The summed E-state index contributed by atoms with van der Waals surface area (Å²) in [7, 11) is -2.93. The summed E-state index contributed by atoms with van der Waals surface area (Å²) in [6.45, 7) is 5.74. The summed E-state index contributed by atoms with van der Waals surface area (Å²) in [6.07, 6.45) is 8.58. The van der Waals surface area contributed by atoms with E-state index in [9.17, 15) is 4.57 Å². The molecule has 0 aliphatic rings. The van der Waals surface area contributed by atoms with E-state index >= 15 is 0 Å². The van der Waals surface area contributed by atoms with Gasteiger partial charge in [0.05, 0.1) is 18.7 Å². The van der Waals surface area contributed by atoms with Gasteiger partial charge in [0.15, 0.2) is 0 Å². The van der Waals surface area contributed by atoms with Crippen LogP contribution >= 0.6 is 7.60 Å². The molecule has 0 radical (unpaired) electrons. The molecule has 0 unspecified atom stereocenters. The van der Waals surface area contributed by atoms with E-state index in [1.54, 1.807) is 19.1 Å². The van der Waals surface area contributed by atoms with E-state index in [1.165, 1.54) is 12.5 Å². The largest absolute Gasteiger partial charge is 0.429 e. The summed E-state index contributed by atoms with van der Waals surface area (Å²) in [5.41, 5.74) is 0. The number of allylic oxidation sites excluding steroid dienone is 2. The Morgan fingerprint density at radius 3 is 1.71 bits per heavy atom. The van der Waals surface area contributed by atoms with Crippen LogP contribution < -0.4 is 0 Å². The van der Waals surface area contributed by atoms with E-state index in [-0.39, 0.29) is 0 Å². The van der Waals surface area contributed by atoms with E-state index in [1.807, 2.05) is 13.8 Å². The Morgan fingerprint density at radius 1 is 1.00 bits per heavy atom. The molecule has 0 aromatic heterocycles. The second-order valence-electron chi connectivity index (χ2n) is 2.70. The monoisotopic (exact) mass is 218 g/mol. The summed E-state index contributed by atoms with van der Waals surface area (Å²) in [5, 5.41) is 0. The highest BCUT2D eigenvalue weighted by Gasteiger charge is 2.20.